The Balaban J connectivity index is 1.66. The number of hydrogen-bond acceptors (Lipinski definition) is 7. The molecule has 2 aromatic heterocycles. The smallest absolute Gasteiger partial charge is 0.260 e. The minimum atomic E-state index is -3.73. The number of sulfonamides is 1. The molecule has 1 aliphatic heterocycles. The molecule has 1 aliphatic rings. The van der Waals surface area contributed by atoms with E-state index in [1.165, 1.54) is 15.6 Å². The summed E-state index contributed by atoms with van der Waals surface area (Å²) in [4.78, 5) is 4.04. The van der Waals surface area contributed by atoms with Gasteiger partial charge in [-0.1, -0.05) is 16.8 Å². The average Bonchev–Trinajstić information content (AvgIpc) is 3.25. The Bertz CT molecular complexity index is 1060. The van der Waals surface area contributed by atoms with Crippen LogP contribution in [0, 0.1) is 6.92 Å². The Hall–Kier alpha value is -1.52. The predicted molar refractivity (Wildman–Crippen MR) is 93.1 cm³/mol. The molecule has 1 fully saturated rings. The van der Waals surface area contributed by atoms with Gasteiger partial charge in [0.05, 0.1) is 6.54 Å². The molecule has 0 bridgehead atoms. The van der Waals surface area contributed by atoms with Crippen molar-refractivity contribution < 1.29 is 18.0 Å². The van der Waals surface area contributed by atoms with Gasteiger partial charge >= 0.3 is 0 Å². The molecule has 0 unspecified atom stereocenters. The van der Waals surface area contributed by atoms with Crippen LogP contribution in [0.3, 0.4) is 0 Å². The van der Waals surface area contributed by atoms with E-state index in [0.717, 1.165) is 10.1 Å². The highest BCUT2D eigenvalue weighted by Crippen LogP contribution is 2.37. The van der Waals surface area contributed by atoms with Crippen molar-refractivity contribution in [3.8, 4) is 0 Å². The van der Waals surface area contributed by atoms with Gasteiger partial charge in [0.1, 0.15) is 4.21 Å². The molecule has 4 rings (SSSR count). The van der Waals surface area contributed by atoms with Gasteiger partial charge < -0.3 is 9.63 Å². The van der Waals surface area contributed by atoms with Gasteiger partial charge in [-0.3, -0.25) is 0 Å². The quantitative estimate of drug-likeness (QED) is 0.726. The maximum atomic E-state index is 12.9. The molecule has 10 heteroatoms. The van der Waals surface area contributed by atoms with Gasteiger partial charge in [-0.2, -0.15) is 9.29 Å². The summed E-state index contributed by atoms with van der Waals surface area (Å²) in [5.74, 6) is 0.442. The van der Waals surface area contributed by atoms with Crippen molar-refractivity contribution in [2.75, 3.05) is 13.1 Å². The van der Waals surface area contributed by atoms with E-state index in [2.05, 4.69) is 10.1 Å². The largest absolute Gasteiger partial charge is 0.379 e. The number of hydrogen-bond donors (Lipinski definition) is 1. The van der Waals surface area contributed by atoms with Crippen LogP contribution in [-0.4, -0.2) is 41.1 Å². The standard InChI is InChI=1S/C15H14ClN3O4S2/c1-9-17-14(23-18-9)15(20)4-5-19(8-15)25(21,22)13-7-10-6-11(16)2-3-12(10)24-13/h2-3,6-7,20H,4-5,8H2,1H3/t15-/m0/s1. The van der Waals surface area contributed by atoms with Crippen LogP contribution in [0.5, 0.6) is 0 Å². The second-order valence-electron chi connectivity index (χ2n) is 6.01. The van der Waals surface area contributed by atoms with E-state index in [1.54, 1.807) is 31.2 Å². The van der Waals surface area contributed by atoms with Crippen LogP contribution in [0.1, 0.15) is 18.1 Å². The van der Waals surface area contributed by atoms with Gasteiger partial charge in [-0.25, -0.2) is 8.42 Å². The number of benzene rings is 1. The molecule has 1 aromatic carbocycles. The minimum Gasteiger partial charge on any atom is -0.379 e. The fourth-order valence-corrected chi connectivity index (χ4v) is 6.08. The molecule has 0 spiro atoms. The van der Waals surface area contributed by atoms with Crippen molar-refractivity contribution in [3.63, 3.8) is 0 Å². The second kappa shape index (κ2) is 5.75. The van der Waals surface area contributed by atoms with Gasteiger partial charge in [0.25, 0.3) is 15.9 Å². The monoisotopic (exact) mass is 399 g/mol. The lowest BCUT2D eigenvalue weighted by Gasteiger charge is -2.18. The van der Waals surface area contributed by atoms with Crippen molar-refractivity contribution in [2.45, 2.75) is 23.2 Å². The first-order chi connectivity index (χ1) is 11.8. The van der Waals surface area contributed by atoms with Crippen molar-refractivity contribution >= 4 is 43.0 Å². The van der Waals surface area contributed by atoms with Crippen molar-refractivity contribution in [2.24, 2.45) is 0 Å². The summed E-state index contributed by atoms with van der Waals surface area (Å²) < 4.78 is 33.2. The summed E-state index contributed by atoms with van der Waals surface area (Å²) in [5, 5.41) is 15.7. The number of rotatable bonds is 3. The van der Waals surface area contributed by atoms with Crippen LogP contribution >= 0.6 is 22.9 Å². The topological polar surface area (TPSA) is 96.5 Å². The van der Waals surface area contributed by atoms with Crippen LogP contribution < -0.4 is 0 Å². The Morgan fingerprint density at radius 1 is 1.40 bits per heavy atom. The van der Waals surface area contributed by atoms with Crippen LogP contribution in [0.4, 0.5) is 0 Å². The zero-order chi connectivity index (χ0) is 17.8. The SMILES string of the molecule is Cc1noc([C@]2(O)CCN(S(=O)(=O)c3cc4cc(Cl)ccc4s3)C2)n1. The normalized spacial score (nSPS) is 22.0. The lowest BCUT2D eigenvalue weighted by atomic mass is 10.0. The molecule has 1 atom stereocenters. The number of fused-ring (bicyclic) bond motifs is 1. The molecular weight excluding hydrogens is 386 g/mol. The molecule has 3 heterocycles. The summed E-state index contributed by atoms with van der Waals surface area (Å²) in [5.41, 5.74) is -1.46. The first-order valence-electron chi connectivity index (χ1n) is 7.50. The van der Waals surface area contributed by atoms with E-state index < -0.39 is 15.6 Å². The third-order valence-corrected chi connectivity index (χ3v) is 7.83. The number of nitrogens with zero attached hydrogens (tertiary/aromatic N) is 3. The maximum absolute atomic E-state index is 12.9. The Morgan fingerprint density at radius 3 is 2.92 bits per heavy atom. The van der Waals surface area contributed by atoms with E-state index in [9.17, 15) is 13.5 Å². The summed E-state index contributed by atoms with van der Waals surface area (Å²) in [6.07, 6.45) is 0.199. The maximum Gasteiger partial charge on any atom is 0.260 e. The average molecular weight is 400 g/mol. The minimum absolute atomic E-state index is 0.0471. The molecular formula is C15H14ClN3O4S2. The summed E-state index contributed by atoms with van der Waals surface area (Å²) in [7, 11) is -3.73. The van der Waals surface area contributed by atoms with Gasteiger partial charge in [-0.15, -0.1) is 11.3 Å². The van der Waals surface area contributed by atoms with E-state index in [1.807, 2.05) is 0 Å². The molecule has 3 aromatic rings. The fraction of sp³-hybridized carbons (Fsp3) is 0.333. The fourth-order valence-electron chi connectivity index (χ4n) is 2.87. The number of thiophene rings is 1. The number of halogens is 1. The molecule has 1 N–H and O–H groups in total. The molecule has 132 valence electrons. The van der Waals surface area contributed by atoms with E-state index >= 15 is 0 Å². The summed E-state index contributed by atoms with van der Waals surface area (Å²) in [6, 6.07) is 6.86. The Kier molecular flexibility index (Phi) is 3.89. The molecule has 25 heavy (non-hydrogen) atoms. The van der Waals surface area contributed by atoms with Crippen LogP contribution in [-0.2, 0) is 15.6 Å². The summed E-state index contributed by atoms with van der Waals surface area (Å²) in [6.45, 7) is 1.70. The third kappa shape index (κ3) is 2.85. The number of aliphatic hydroxyl groups is 1. The first kappa shape index (κ1) is 16.9. The summed E-state index contributed by atoms with van der Waals surface area (Å²) >= 11 is 7.14. The van der Waals surface area contributed by atoms with Gasteiger partial charge in [0.2, 0.25) is 0 Å². The van der Waals surface area contributed by atoms with Crippen molar-refractivity contribution in [1.29, 1.82) is 0 Å². The zero-order valence-corrected chi connectivity index (χ0v) is 15.5. The van der Waals surface area contributed by atoms with Gasteiger partial charge in [0, 0.05) is 22.7 Å². The molecule has 0 saturated carbocycles. The van der Waals surface area contributed by atoms with E-state index in [4.69, 9.17) is 16.1 Å². The highest BCUT2D eigenvalue weighted by atomic mass is 35.5. The molecule has 0 radical (unpaired) electrons. The molecule has 7 nitrogen and oxygen atoms in total. The van der Waals surface area contributed by atoms with Crippen LogP contribution in [0.25, 0.3) is 10.1 Å². The molecule has 0 aliphatic carbocycles. The molecule has 1 saturated heterocycles. The third-order valence-electron chi connectivity index (χ3n) is 4.19. The van der Waals surface area contributed by atoms with Gasteiger partial charge in [0.15, 0.2) is 11.4 Å². The highest BCUT2D eigenvalue weighted by Gasteiger charge is 2.47. The Morgan fingerprint density at radius 2 is 2.20 bits per heavy atom. The van der Waals surface area contributed by atoms with E-state index in [-0.39, 0.29) is 29.6 Å². The van der Waals surface area contributed by atoms with E-state index in [0.29, 0.717) is 10.8 Å². The van der Waals surface area contributed by atoms with Gasteiger partial charge in [-0.05, 0) is 36.6 Å². The Labute approximate surface area is 152 Å². The number of aryl methyl sites for hydroxylation is 1. The number of β-amino-alcohol motifs (C(OH)–C–C–N with tert-alkyl or cyclic N) is 1. The second-order valence-corrected chi connectivity index (χ2v) is 9.70. The lowest BCUT2D eigenvalue weighted by Crippen LogP contribution is -2.34. The van der Waals surface area contributed by atoms with Crippen LogP contribution in [0.15, 0.2) is 33.0 Å². The van der Waals surface area contributed by atoms with Crippen molar-refractivity contribution in [3.05, 3.63) is 41.0 Å². The highest BCUT2D eigenvalue weighted by molar-refractivity contribution is 7.91. The first-order valence-corrected chi connectivity index (χ1v) is 10.1. The zero-order valence-electron chi connectivity index (χ0n) is 13.1. The molecule has 0 amide bonds. The lowest BCUT2D eigenvalue weighted by molar-refractivity contribution is 0.0194. The number of aromatic nitrogens is 2. The van der Waals surface area contributed by atoms with Crippen LogP contribution in [0.2, 0.25) is 5.02 Å². The van der Waals surface area contributed by atoms with Crippen molar-refractivity contribution in [1.82, 2.24) is 14.4 Å². The predicted octanol–water partition coefficient (Wildman–Crippen LogP) is 2.53.